The number of hydrazone groups is 2. The van der Waals surface area contributed by atoms with Crippen molar-refractivity contribution < 1.29 is 73.1 Å². The second-order valence-electron chi connectivity index (χ2n) is 24.3. The number of halogens is 2. The number of ether oxygens (including phenoxy) is 2. The Hall–Kier alpha value is -10.4. The number of phenols is 2. The van der Waals surface area contributed by atoms with Crippen LogP contribution in [0.4, 0.5) is 9.59 Å². The van der Waals surface area contributed by atoms with E-state index < -0.39 is 30.0 Å². The zero-order valence-electron chi connectivity index (χ0n) is 62.0. The molecular formula is C80H92Cl2N10O15S4. The first kappa shape index (κ1) is 89.5. The molecule has 0 unspecified atom stereocenters. The predicted octanol–water partition coefficient (Wildman–Crippen LogP) is 13.6. The highest BCUT2D eigenvalue weighted by Crippen LogP contribution is 2.27. The summed E-state index contributed by atoms with van der Waals surface area (Å²) < 4.78 is 11.0. The van der Waals surface area contributed by atoms with Crippen LogP contribution >= 0.6 is 69.4 Å². The number of hydrogen-bond acceptors (Lipinski definition) is 19. The van der Waals surface area contributed by atoms with Crippen LogP contribution in [-0.4, -0.2) is 149 Å². The fraction of sp³-hybridized carbons (Fsp3) is 0.312. The minimum atomic E-state index is -1.25. The highest BCUT2D eigenvalue weighted by Gasteiger charge is 2.23. The molecule has 31 heteroatoms. The van der Waals surface area contributed by atoms with Gasteiger partial charge in [-0.05, 0) is 184 Å². The van der Waals surface area contributed by atoms with E-state index in [4.69, 9.17) is 42.9 Å². The second-order valence-corrected chi connectivity index (χ2v) is 29.5. The number of amides is 8. The quantitative estimate of drug-likeness (QED) is 0.00964. The Kier molecular flexibility index (Phi) is 39.5. The van der Waals surface area contributed by atoms with E-state index in [0.717, 1.165) is 56.5 Å². The Labute approximate surface area is 671 Å². The molecule has 0 fully saturated rings. The van der Waals surface area contributed by atoms with Gasteiger partial charge in [-0.15, -0.1) is 22.7 Å². The fourth-order valence-corrected chi connectivity index (χ4v) is 14.7. The first-order chi connectivity index (χ1) is 53.5. The Morgan fingerprint density at radius 1 is 0.505 bits per heavy atom. The average Bonchev–Trinajstić information content (AvgIpc) is 1.63. The number of thiophene rings is 2. The second kappa shape index (κ2) is 49.0. The molecule has 2 atom stereocenters. The average molecular weight is 1630 g/mol. The molecule has 2 heterocycles. The van der Waals surface area contributed by atoms with Gasteiger partial charge in [-0.3, -0.25) is 24.0 Å². The van der Waals surface area contributed by atoms with E-state index in [1.54, 1.807) is 59.9 Å². The predicted molar refractivity (Wildman–Crippen MR) is 440 cm³/mol. The van der Waals surface area contributed by atoms with Crippen LogP contribution in [0.3, 0.4) is 0 Å². The Balaban J connectivity index is 0.000000305. The lowest BCUT2D eigenvalue weighted by Gasteiger charge is -2.19. The lowest BCUT2D eigenvalue weighted by molar-refractivity contribution is -0.123. The minimum absolute atomic E-state index is 0.0354. The molecule has 590 valence electrons. The van der Waals surface area contributed by atoms with Crippen LogP contribution in [0.5, 0.6) is 23.0 Å². The molecule has 0 bridgehead atoms. The van der Waals surface area contributed by atoms with Crippen molar-refractivity contribution >= 4 is 135 Å². The van der Waals surface area contributed by atoms with Gasteiger partial charge >= 0.3 is 24.0 Å². The number of rotatable bonds is 40. The van der Waals surface area contributed by atoms with Gasteiger partial charge in [-0.1, -0.05) is 111 Å². The van der Waals surface area contributed by atoms with Crippen LogP contribution in [0, 0.1) is 0 Å². The first-order valence-electron chi connectivity index (χ1n) is 35.7. The van der Waals surface area contributed by atoms with Gasteiger partial charge in [0.05, 0.1) is 33.3 Å². The van der Waals surface area contributed by atoms with Crippen LogP contribution in [0.1, 0.15) is 142 Å². The number of aromatic hydroxyl groups is 2. The smallest absolute Gasteiger partial charge is 0.339 e. The summed E-state index contributed by atoms with van der Waals surface area (Å²) in [5, 5.41) is 64.0. The van der Waals surface area contributed by atoms with Crippen LogP contribution in [0.2, 0.25) is 10.0 Å². The number of nitrogens with one attached hydrogen (secondary N) is 8. The van der Waals surface area contributed by atoms with Crippen LogP contribution in [0.15, 0.2) is 168 Å². The zero-order valence-corrected chi connectivity index (χ0v) is 66.8. The highest BCUT2D eigenvalue weighted by atomic mass is 35.5. The minimum Gasteiger partial charge on any atom is -0.507 e. The Morgan fingerprint density at radius 2 is 0.937 bits per heavy atom. The summed E-state index contributed by atoms with van der Waals surface area (Å²) in [5.41, 5.74) is 11.1. The lowest BCUT2D eigenvalue weighted by atomic mass is 10.0. The standard InChI is InChI=1S/C40H46ClN5O7S2.C32H40ClN5O4S2.C8H6O4/c1-3-33(44-38(49)36-19-17-30(55-36)10-7-8-27-14-18-35(47)31(22-27)39(50)51)34(25-54-24-28-9-5-6-11-32(28)41)45-46-40(52)43-21-20-26-12-15-29(16-13-26)53-23-37(48)42-4-2;1-4-25-15-16-29(44-25)31(40)36-27(5-2)28(21-43-20-23-9-7-8-10-26(23)33)37-38-32(41)35-18-17-22-11-13-24(14-12-22)42-19-30(39)34-6-3;9-4-5-1-2-7(10)6(3-5)8(11)12/h5-6,9,11-19,22,33,47H,3-4,7-8,10,20-21,23-25H2,1-2H3,(H,42,48)(H,44,49)(H,50,51)(H2,43,46,52);7-16,27H,4-6,17-21H2,1-3H3,(H,34,39)(H,36,40)(H2,35,38,41);1-4,10H,(H,11,12)/b45-34+;37-28+;/t33-;27-;/m00./s1. The largest absolute Gasteiger partial charge is 0.507 e. The maximum absolute atomic E-state index is 13.4. The lowest BCUT2D eigenvalue weighted by Crippen LogP contribution is -2.43. The number of benzene rings is 6. The van der Waals surface area contributed by atoms with Gasteiger partial charge < -0.3 is 61.8 Å². The number of thioether (sulfide) groups is 2. The van der Waals surface area contributed by atoms with Gasteiger partial charge in [-0.25, -0.2) is 30.0 Å². The molecule has 8 rings (SSSR count). The Bertz CT molecular complexity index is 4450. The number of nitrogens with zero attached hydrogens (tertiary/aromatic N) is 2. The summed E-state index contributed by atoms with van der Waals surface area (Å²) in [6, 6.07) is 43.9. The zero-order chi connectivity index (χ0) is 80.5. The van der Waals surface area contributed by atoms with Gasteiger partial charge in [0.1, 0.15) is 40.4 Å². The van der Waals surface area contributed by atoms with Crippen LogP contribution < -0.4 is 52.2 Å². The van der Waals surface area contributed by atoms with Crippen LogP contribution in [0.25, 0.3) is 0 Å². The molecule has 0 saturated heterocycles. The van der Waals surface area contributed by atoms with Gasteiger partial charge in [0.15, 0.2) is 13.2 Å². The molecule has 0 saturated carbocycles. The van der Waals surface area contributed by atoms with E-state index in [2.05, 4.69) is 59.9 Å². The summed E-state index contributed by atoms with van der Waals surface area (Å²) in [7, 11) is 0. The van der Waals surface area contributed by atoms with Gasteiger partial charge in [0, 0.05) is 74.6 Å². The number of carbonyl (C=O) groups excluding carboxylic acids is 7. The number of aromatic carboxylic acids is 2. The fourth-order valence-electron chi connectivity index (χ4n) is 10.2. The topological polar surface area (TPSA) is 374 Å². The molecule has 6 aromatic carbocycles. The molecule has 12 N–H and O–H groups in total. The van der Waals surface area contributed by atoms with E-state index in [-0.39, 0.29) is 71.1 Å². The van der Waals surface area contributed by atoms with Gasteiger partial charge in [-0.2, -0.15) is 33.7 Å². The number of carboxylic acids is 2. The molecule has 0 aliphatic heterocycles. The maximum atomic E-state index is 13.4. The number of carboxylic acid groups (broad SMARTS) is 2. The third kappa shape index (κ3) is 32.2. The van der Waals surface area contributed by atoms with E-state index in [0.29, 0.717) is 137 Å². The molecule has 0 spiro atoms. The summed E-state index contributed by atoms with van der Waals surface area (Å²) >= 11 is 18.8. The number of carbonyl (C=O) groups is 9. The SMILES string of the molecule is CCNC(=O)COc1ccc(CCNC(=O)N/N=C(\CSCc2ccccc2Cl)[C@H](CC)NC(=O)c2ccc(CC)s2)cc1.CCNC(=O)COc1ccc(CCNC(=O)N/N=C(\CSCc2ccccc2Cl)[C@H](CC)NC(=O)c2ccc(CCCc3ccc(O)c(C(=O)O)c3)s2)cc1.O=Cc1ccc(O)c(C(=O)O)c1. The molecular weight excluding hydrogens is 1540 g/mol. The third-order valence-corrected chi connectivity index (χ3v) is 21.3. The van der Waals surface area contributed by atoms with Crippen molar-refractivity contribution in [3.05, 3.63) is 232 Å². The van der Waals surface area contributed by atoms with Gasteiger partial charge in [0.2, 0.25) is 0 Å². The maximum Gasteiger partial charge on any atom is 0.339 e. The summed E-state index contributed by atoms with van der Waals surface area (Å²) in [4.78, 5) is 110. The summed E-state index contributed by atoms with van der Waals surface area (Å²) in [6.45, 7) is 11.4. The van der Waals surface area contributed by atoms with Crippen molar-refractivity contribution in [1.82, 2.24) is 42.8 Å². The molecule has 0 aliphatic carbocycles. The number of aldehydes is 1. The van der Waals surface area contributed by atoms with Crippen molar-refractivity contribution in [3.8, 4) is 23.0 Å². The van der Waals surface area contributed by atoms with Gasteiger partial charge in [0.25, 0.3) is 23.6 Å². The number of hydrogen-bond donors (Lipinski definition) is 12. The highest BCUT2D eigenvalue weighted by molar-refractivity contribution is 7.99. The number of aryl methyl sites for hydroxylation is 3. The molecule has 111 heavy (non-hydrogen) atoms. The molecule has 25 nitrogen and oxygen atoms in total. The van der Waals surface area contributed by atoms with Crippen LogP contribution in [-0.2, 0) is 53.2 Å². The normalized spacial score (nSPS) is 11.5. The monoisotopic (exact) mass is 1630 g/mol. The molecule has 2 aromatic heterocycles. The molecule has 0 aliphatic rings. The van der Waals surface area contributed by atoms with E-state index in [9.17, 15) is 53.4 Å². The third-order valence-electron chi connectivity index (χ3n) is 16.2. The van der Waals surface area contributed by atoms with Crippen molar-refractivity contribution in [2.75, 3.05) is 50.9 Å². The molecule has 8 aromatic rings. The van der Waals surface area contributed by atoms with E-state index >= 15 is 0 Å². The summed E-state index contributed by atoms with van der Waals surface area (Å²) in [5.74, 6) is -0.430. The molecule has 0 radical (unpaired) electrons. The van der Waals surface area contributed by atoms with E-state index in [1.165, 1.54) is 46.9 Å². The van der Waals surface area contributed by atoms with Crippen molar-refractivity contribution in [2.45, 2.75) is 110 Å². The van der Waals surface area contributed by atoms with Crippen molar-refractivity contribution in [2.24, 2.45) is 10.2 Å². The van der Waals surface area contributed by atoms with Crippen molar-refractivity contribution in [1.29, 1.82) is 0 Å². The van der Waals surface area contributed by atoms with E-state index in [1.807, 2.05) is 119 Å². The summed E-state index contributed by atoms with van der Waals surface area (Å²) in [6.07, 6.45) is 5.75. The number of urea groups is 2. The van der Waals surface area contributed by atoms with Crippen molar-refractivity contribution in [3.63, 3.8) is 0 Å². The Morgan fingerprint density at radius 3 is 1.36 bits per heavy atom. The first-order valence-corrected chi connectivity index (χ1v) is 40.4. The molecule has 8 amide bonds. The number of likely N-dealkylation sites (N-methyl/N-ethyl adjacent to an activating group) is 2.